The number of rotatable bonds is 3. The second-order valence-corrected chi connectivity index (χ2v) is 4.14. The molecule has 1 atom stereocenters. The Labute approximate surface area is 106 Å². The van der Waals surface area contributed by atoms with Gasteiger partial charge in [0.15, 0.2) is 0 Å². The van der Waals surface area contributed by atoms with Gasteiger partial charge in [-0.15, -0.1) is 0 Å². The van der Waals surface area contributed by atoms with Crippen LogP contribution in [0.5, 0.6) is 0 Å². The van der Waals surface area contributed by atoms with Gasteiger partial charge in [-0.2, -0.15) is 0 Å². The van der Waals surface area contributed by atoms with Crippen LogP contribution in [0.3, 0.4) is 0 Å². The molecule has 96 valence electrons. The Morgan fingerprint density at radius 3 is 2.94 bits per heavy atom. The minimum atomic E-state index is -0.433. The molecule has 0 aromatic heterocycles. The highest BCUT2D eigenvalue weighted by Crippen LogP contribution is 2.07. The molecule has 18 heavy (non-hydrogen) atoms. The van der Waals surface area contributed by atoms with Gasteiger partial charge in [0.25, 0.3) is 0 Å². The van der Waals surface area contributed by atoms with Gasteiger partial charge in [-0.3, -0.25) is 4.90 Å². The minimum absolute atomic E-state index is 0.231. The van der Waals surface area contributed by atoms with E-state index in [1.807, 2.05) is 30.3 Å². The molecule has 1 aliphatic heterocycles. The molecule has 0 saturated carbocycles. The van der Waals surface area contributed by atoms with Gasteiger partial charge in [0, 0.05) is 19.6 Å². The molecule has 1 heterocycles. The van der Waals surface area contributed by atoms with Crippen LogP contribution in [0.4, 0.5) is 4.79 Å². The molecule has 5 heteroatoms. The van der Waals surface area contributed by atoms with Gasteiger partial charge in [0.2, 0.25) is 0 Å². The predicted octanol–water partition coefficient (Wildman–Crippen LogP) is 0.796. The molecule has 2 rings (SSSR count). The summed E-state index contributed by atoms with van der Waals surface area (Å²) in [4.78, 5) is 24.2. The number of benzene rings is 1. The van der Waals surface area contributed by atoms with Crippen molar-refractivity contribution in [3.05, 3.63) is 35.9 Å². The Morgan fingerprint density at radius 2 is 2.22 bits per heavy atom. The molecule has 1 fully saturated rings. The molecule has 1 aromatic rings. The normalized spacial score (nSPS) is 19.3. The molecular weight excluding hydrogens is 232 g/mol. The van der Waals surface area contributed by atoms with Crippen molar-refractivity contribution >= 4 is 12.4 Å². The highest BCUT2D eigenvalue weighted by atomic mass is 16.6. The third-order valence-corrected chi connectivity index (χ3v) is 2.88. The summed E-state index contributed by atoms with van der Waals surface area (Å²) in [5, 5.41) is 3.06. The van der Waals surface area contributed by atoms with Crippen LogP contribution in [0.2, 0.25) is 0 Å². The summed E-state index contributed by atoms with van der Waals surface area (Å²) in [6.07, 6.45) is 0.341. The first-order chi connectivity index (χ1) is 8.81. The predicted molar refractivity (Wildman–Crippen MR) is 66.1 cm³/mol. The third kappa shape index (κ3) is 3.07. The number of ether oxygens (including phenoxy) is 1. The molecule has 1 unspecified atom stereocenters. The largest absolute Gasteiger partial charge is 0.445 e. The minimum Gasteiger partial charge on any atom is -0.445 e. The molecule has 1 amide bonds. The van der Waals surface area contributed by atoms with Crippen molar-refractivity contribution in [3.8, 4) is 0 Å². The Balaban J connectivity index is 1.89. The SMILES string of the molecule is O=CC1CNCCN1C(=O)OCc1ccccc1. The van der Waals surface area contributed by atoms with Crippen LogP contribution < -0.4 is 5.32 Å². The summed E-state index contributed by atoms with van der Waals surface area (Å²) in [5.74, 6) is 0. The topological polar surface area (TPSA) is 58.6 Å². The first-order valence-electron chi connectivity index (χ1n) is 5.94. The number of aldehydes is 1. The molecule has 5 nitrogen and oxygen atoms in total. The van der Waals surface area contributed by atoms with Crippen LogP contribution >= 0.6 is 0 Å². The molecule has 1 saturated heterocycles. The van der Waals surface area contributed by atoms with Crippen molar-refractivity contribution in [2.75, 3.05) is 19.6 Å². The van der Waals surface area contributed by atoms with E-state index in [4.69, 9.17) is 4.74 Å². The summed E-state index contributed by atoms with van der Waals surface area (Å²) in [6.45, 7) is 1.90. The second-order valence-electron chi connectivity index (χ2n) is 4.14. The van der Waals surface area contributed by atoms with E-state index in [1.165, 1.54) is 4.90 Å². The van der Waals surface area contributed by atoms with Crippen molar-refractivity contribution in [3.63, 3.8) is 0 Å². The van der Waals surface area contributed by atoms with E-state index in [2.05, 4.69) is 5.32 Å². The van der Waals surface area contributed by atoms with Gasteiger partial charge in [-0.05, 0) is 5.56 Å². The first-order valence-corrected chi connectivity index (χ1v) is 5.94. The maximum atomic E-state index is 11.9. The number of carbonyl (C=O) groups excluding carboxylic acids is 2. The molecule has 0 radical (unpaired) electrons. The van der Waals surface area contributed by atoms with E-state index in [1.54, 1.807) is 0 Å². The van der Waals surface area contributed by atoms with Crippen LogP contribution in [0.15, 0.2) is 30.3 Å². The van der Waals surface area contributed by atoms with Crippen molar-refractivity contribution in [1.29, 1.82) is 0 Å². The number of nitrogens with one attached hydrogen (secondary N) is 1. The van der Waals surface area contributed by atoms with E-state index >= 15 is 0 Å². The van der Waals surface area contributed by atoms with E-state index in [9.17, 15) is 9.59 Å². The van der Waals surface area contributed by atoms with Gasteiger partial charge in [0.05, 0.1) is 0 Å². The molecule has 0 bridgehead atoms. The van der Waals surface area contributed by atoms with E-state index < -0.39 is 12.1 Å². The maximum absolute atomic E-state index is 11.9. The Bertz CT molecular complexity index is 408. The summed E-state index contributed by atoms with van der Waals surface area (Å²) in [7, 11) is 0. The molecular formula is C13H16N2O3. The summed E-state index contributed by atoms with van der Waals surface area (Å²) < 4.78 is 5.20. The number of carbonyl (C=O) groups is 2. The molecule has 1 aromatic carbocycles. The monoisotopic (exact) mass is 248 g/mol. The fraction of sp³-hybridized carbons (Fsp3) is 0.385. The quantitative estimate of drug-likeness (QED) is 0.804. The Morgan fingerprint density at radius 1 is 1.44 bits per heavy atom. The zero-order valence-electron chi connectivity index (χ0n) is 10.0. The smallest absolute Gasteiger partial charge is 0.410 e. The highest BCUT2D eigenvalue weighted by molar-refractivity contribution is 5.73. The van der Waals surface area contributed by atoms with Crippen molar-refractivity contribution in [2.45, 2.75) is 12.6 Å². The van der Waals surface area contributed by atoms with Crippen LogP contribution in [0.1, 0.15) is 5.56 Å². The number of hydrogen-bond donors (Lipinski definition) is 1. The van der Waals surface area contributed by atoms with Gasteiger partial charge >= 0.3 is 6.09 Å². The molecule has 0 aliphatic carbocycles. The number of amides is 1. The van der Waals surface area contributed by atoms with Gasteiger partial charge < -0.3 is 14.8 Å². The number of piperazine rings is 1. The second kappa shape index (κ2) is 6.16. The first kappa shape index (κ1) is 12.6. The average Bonchev–Trinajstić information content (AvgIpc) is 2.45. The van der Waals surface area contributed by atoms with Crippen molar-refractivity contribution in [2.24, 2.45) is 0 Å². The Kier molecular flexibility index (Phi) is 4.30. The number of hydrogen-bond acceptors (Lipinski definition) is 4. The standard InChI is InChI=1S/C13H16N2O3/c16-9-12-8-14-6-7-15(12)13(17)18-10-11-4-2-1-3-5-11/h1-5,9,12,14H,6-8,10H2. The lowest BCUT2D eigenvalue weighted by molar-refractivity contribution is -0.112. The lowest BCUT2D eigenvalue weighted by Crippen LogP contribution is -2.54. The third-order valence-electron chi connectivity index (χ3n) is 2.88. The summed E-state index contributed by atoms with van der Waals surface area (Å²) in [6, 6.07) is 9.04. The zero-order chi connectivity index (χ0) is 12.8. The lowest BCUT2D eigenvalue weighted by Gasteiger charge is -2.31. The molecule has 0 spiro atoms. The molecule has 1 N–H and O–H groups in total. The Hall–Kier alpha value is -1.88. The fourth-order valence-electron chi connectivity index (χ4n) is 1.88. The van der Waals surface area contributed by atoms with E-state index in [-0.39, 0.29) is 6.61 Å². The van der Waals surface area contributed by atoms with Gasteiger partial charge in [-0.1, -0.05) is 30.3 Å². The van der Waals surface area contributed by atoms with Gasteiger partial charge in [-0.25, -0.2) is 4.79 Å². The average molecular weight is 248 g/mol. The lowest BCUT2D eigenvalue weighted by atomic mass is 10.2. The van der Waals surface area contributed by atoms with Gasteiger partial charge in [0.1, 0.15) is 18.9 Å². The number of nitrogens with zero attached hydrogens (tertiary/aromatic N) is 1. The summed E-state index contributed by atoms with van der Waals surface area (Å²) in [5.41, 5.74) is 0.934. The zero-order valence-corrected chi connectivity index (χ0v) is 10.0. The molecule has 1 aliphatic rings. The summed E-state index contributed by atoms with van der Waals surface area (Å²) >= 11 is 0. The van der Waals surface area contributed by atoms with E-state index in [0.29, 0.717) is 19.6 Å². The van der Waals surface area contributed by atoms with Crippen LogP contribution in [0, 0.1) is 0 Å². The van der Waals surface area contributed by atoms with Crippen molar-refractivity contribution in [1.82, 2.24) is 10.2 Å². The van der Waals surface area contributed by atoms with E-state index in [0.717, 1.165) is 11.8 Å². The fourth-order valence-corrected chi connectivity index (χ4v) is 1.88. The van der Waals surface area contributed by atoms with Crippen LogP contribution in [-0.2, 0) is 16.1 Å². The van der Waals surface area contributed by atoms with Crippen LogP contribution in [0.25, 0.3) is 0 Å². The van der Waals surface area contributed by atoms with Crippen molar-refractivity contribution < 1.29 is 14.3 Å². The highest BCUT2D eigenvalue weighted by Gasteiger charge is 2.27. The maximum Gasteiger partial charge on any atom is 0.410 e. The van der Waals surface area contributed by atoms with Crippen LogP contribution in [-0.4, -0.2) is 43.0 Å².